The van der Waals surface area contributed by atoms with E-state index in [4.69, 9.17) is 4.42 Å². The lowest BCUT2D eigenvalue weighted by molar-refractivity contribution is 0.0996. The Hall–Kier alpha value is -1.66. The van der Waals surface area contributed by atoms with Crippen LogP contribution in [-0.2, 0) is 13.0 Å². The molecule has 106 valence electrons. The van der Waals surface area contributed by atoms with Gasteiger partial charge in [0.15, 0.2) is 10.9 Å². The van der Waals surface area contributed by atoms with Crippen molar-refractivity contribution in [2.45, 2.75) is 26.3 Å². The highest BCUT2D eigenvalue weighted by Crippen LogP contribution is 2.28. The highest BCUT2D eigenvalue weighted by atomic mass is 32.1. The molecule has 2 aromatic heterocycles. The van der Waals surface area contributed by atoms with Gasteiger partial charge in [0.05, 0.1) is 12.0 Å². The molecule has 6 heteroatoms. The van der Waals surface area contributed by atoms with Gasteiger partial charge in [0.1, 0.15) is 0 Å². The molecule has 0 saturated heterocycles. The van der Waals surface area contributed by atoms with Crippen LogP contribution in [0.4, 0.5) is 5.13 Å². The third-order valence-corrected chi connectivity index (χ3v) is 4.31. The topological polar surface area (TPSA) is 58.4 Å². The monoisotopic (exact) mass is 291 g/mol. The Morgan fingerprint density at radius 1 is 1.60 bits per heavy atom. The Labute approximate surface area is 121 Å². The van der Waals surface area contributed by atoms with Gasteiger partial charge in [-0.25, -0.2) is 4.98 Å². The van der Waals surface area contributed by atoms with E-state index in [1.165, 1.54) is 11.1 Å². The number of carbonyl (C=O) groups excluding carboxylic acids is 1. The lowest BCUT2D eigenvalue weighted by Crippen LogP contribution is -2.30. The van der Waals surface area contributed by atoms with E-state index >= 15 is 0 Å². The molecule has 20 heavy (non-hydrogen) atoms. The Balaban J connectivity index is 1.69. The van der Waals surface area contributed by atoms with E-state index in [2.05, 4.69) is 22.1 Å². The zero-order chi connectivity index (χ0) is 13.9. The van der Waals surface area contributed by atoms with Gasteiger partial charge in [-0.2, -0.15) is 0 Å². The van der Waals surface area contributed by atoms with Gasteiger partial charge in [-0.15, -0.1) is 11.3 Å². The second-order valence-corrected chi connectivity index (χ2v) is 5.93. The summed E-state index contributed by atoms with van der Waals surface area (Å²) in [6.07, 6.45) is 3.61. The van der Waals surface area contributed by atoms with Crippen LogP contribution in [0.15, 0.2) is 22.8 Å². The number of rotatable bonds is 4. The van der Waals surface area contributed by atoms with Gasteiger partial charge in [-0.3, -0.25) is 15.0 Å². The fourth-order valence-corrected chi connectivity index (χ4v) is 3.42. The van der Waals surface area contributed by atoms with Crippen molar-refractivity contribution in [1.82, 2.24) is 9.88 Å². The zero-order valence-electron chi connectivity index (χ0n) is 11.4. The maximum Gasteiger partial charge on any atom is 0.293 e. The normalized spacial score (nSPS) is 15.1. The molecule has 0 bridgehead atoms. The number of anilines is 1. The number of nitrogens with one attached hydrogen (secondary N) is 1. The van der Waals surface area contributed by atoms with Crippen molar-refractivity contribution in [3.8, 4) is 0 Å². The van der Waals surface area contributed by atoms with Crippen molar-refractivity contribution in [1.29, 1.82) is 0 Å². The molecule has 0 aromatic carbocycles. The van der Waals surface area contributed by atoms with Crippen molar-refractivity contribution < 1.29 is 9.21 Å². The molecule has 3 heterocycles. The van der Waals surface area contributed by atoms with Gasteiger partial charge in [-0.1, -0.05) is 6.92 Å². The summed E-state index contributed by atoms with van der Waals surface area (Å²) in [6.45, 7) is 5.30. The van der Waals surface area contributed by atoms with Crippen LogP contribution in [0.5, 0.6) is 0 Å². The smallest absolute Gasteiger partial charge is 0.293 e. The summed E-state index contributed by atoms with van der Waals surface area (Å²) in [5, 5.41) is 3.47. The van der Waals surface area contributed by atoms with Gasteiger partial charge in [0.25, 0.3) is 5.91 Å². The van der Waals surface area contributed by atoms with Gasteiger partial charge in [-0.05, 0) is 25.1 Å². The third kappa shape index (κ3) is 2.76. The summed E-state index contributed by atoms with van der Waals surface area (Å²) in [7, 11) is 0. The summed E-state index contributed by atoms with van der Waals surface area (Å²) in [6, 6.07) is 3.34. The van der Waals surface area contributed by atoms with Crippen LogP contribution >= 0.6 is 11.3 Å². The summed E-state index contributed by atoms with van der Waals surface area (Å²) in [5.41, 5.74) is 1.12. The fourth-order valence-electron chi connectivity index (χ4n) is 2.38. The summed E-state index contributed by atoms with van der Waals surface area (Å²) >= 11 is 1.56. The van der Waals surface area contributed by atoms with E-state index in [0.29, 0.717) is 10.9 Å². The molecule has 0 spiro atoms. The predicted molar refractivity (Wildman–Crippen MR) is 78.0 cm³/mol. The molecular formula is C14H17N3O2S. The molecular weight excluding hydrogens is 274 g/mol. The van der Waals surface area contributed by atoms with Crippen LogP contribution < -0.4 is 5.32 Å². The molecule has 0 aliphatic carbocycles. The molecule has 1 aliphatic heterocycles. The molecule has 0 saturated carbocycles. The summed E-state index contributed by atoms with van der Waals surface area (Å²) in [5.74, 6) is 0.0669. The molecule has 5 nitrogen and oxygen atoms in total. The largest absolute Gasteiger partial charge is 0.459 e. The first kappa shape index (κ1) is 13.3. The standard InChI is InChI=1S/C14H17N3O2S/c1-2-6-17-7-5-10-12(9-17)20-14(15-10)16-13(18)11-4-3-8-19-11/h3-4,8H,2,5-7,9H2,1H3,(H,15,16,18). The maximum absolute atomic E-state index is 11.9. The van der Waals surface area contributed by atoms with Crippen LogP contribution in [0.2, 0.25) is 0 Å². The SMILES string of the molecule is CCCN1CCc2nc(NC(=O)c3ccco3)sc2C1. The van der Waals surface area contributed by atoms with E-state index in [1.807, 2.05) is 0 Å². The summed E-state index contributed by atoms with van der Waals surface area (Å²) < 4.78 is 5.08. The number of nitrogens with zero attached hydrogens (tertiary/aromatic N) is 2. The third-order valence-electron chi connectivity index (χ3n) is 3.32. The molecule has 1 aliphatic rings. The molecule has 1 N–H and O–H groups in total. The van der Waals surface area contributed by atoms with Gasteiger partial charge in [0, 0.05) is 24.4 Å². The minimum absolute atomic E-state index is 0.244. The average Bonchev–Trinajstić information content (AvgIpc) is 3.06. The number of carbonyl (C=O) groups is 1. The fraction of sp³-hybridized carbons (Fsp3) is 0.429. The number of hydrogen-bond donors (Lipinski definition) is 1. The van der Waals surface area contributed by atoms with E-state index in [-0.39, 0.29) is 5.91 Å². The minimum atomic E-state index is -0.244. The first-order valence-corrected chi connectivity index (χ1v) is 7.63. The molecule has 2 aromatic rings. The van der Waals surface area contributed by atoms with Crippen LogP contribution in [0.3, 0.4) is 0 Å². The quantitative estimate of drug-likeness (QED) is 0.941. The number of fused-ring (bicyclic) bond motifs is 1. The van der Waals surface area contributed by atoms with Gasteiger partial charge < -0.3 is 4.42 Å². The van der Waals surface area contributed by atoms with Gasteiger partial charge >= 0.3 is 0 Å². The molecule has 1 amide bonds. The number of amides is 1. The molecule has 0 unspecified atom stereocenters. The Morgan fingerprint density at radius 3 is 3.25 bits per heavy atom. The van der Waals surface area contributed by atoms with E-state index in [0.717, 1.165) is 38.2 Å². The Kier molecular flexibility index (Phi) is 3.84. The van der Waals surface area contributed by atoms with Crippen molar-refractivity contribution in [3.05, 3.63) is 34.7 Å². The zero-order valence-corrected chi connectivity index (χ0v) is 12.2. The van der Waals surface area contributed by atoms with Crippen LogP contribution in [0.25, 0.3) is 0 Å². The number of thiazole rings is 1. The van der Waals surface area contributed by atoms with Gasteiger partial charge in [0.2, 0.25) is 0 Å². The van der Waals surface area contributed by atoms with E-state index in [9.17, 15) is 4.79 Å². The average molecular weight is 291 g/mol. The summed E-state index contributed by atoms with van der Waals surface area (Å²) in [4.78, 5) is 20.1. The minimum Gasteiger partial charge on any atom is -0.459 e. The van der Waals surface area contributed by atoms with E-state index < -0.39 is 0 Å². The lowest BCUT2D eigenvalue weighted by Gasteiger charge is -2.24. The number of hydrogen-bond acceptors (Lipinski definition) is 5. The molecule has 0 atom stereocenters. The first-order valence-electron chi connectivity index (χ1n) is 6.82. The van der Waals surface area contributed by atoms with Crippen LogP contribution in [0, 0.1) is 0 Å². The van der Waals surface area contributed by atoms with Crippen molar-refractivity contribution in [2.75, 3.05) is 18.4 Å². The van der Waals surface area contributed by atoms with Crippen LogP contribution in [0.1, 0.15) is 34.5 Å². The Morgan fingerprint density at radius 2 is 2.50 bits per heavy atom. The lowest BCUT2D eigenvalue weighted by atomic mass is 10.2. The highest BCUT2D eigenvalue weighted by Gasteiger charge is 2.21. The maximum atomic E-state index is 11.9. The van der Waals surface area contributed by atoms with Crippen LogP contribution in [-0.4, -0.2) is 28.9 Å². The molecule has 0 fully saturated rings. The number of aromatic nitrogens is 1. The second-order valence-electron chi connectivity index (χ2n) is 4.85. The molecule has 0 radical (unpaired) electrons. The predicted octanol–water partition coefficient (Wildman–Crippen LogP) is 2.76. The van der Waals surface area contributed by atoms with E-state index in [1.54, 1.807) is 23.5 Å². The van der Waals surface area contributed by atoms with Crippen molar-refractivity contribution in [3.63, 3.8) is 0 Å². The highest BCUT2D eigenvalue weighted by molar-refractivity contribution is 7.15. The number of furan rings is 1. The Bertz CT molecular complexity index is 592. The van der Waals surface area contributed by atoms with Crippen molar-refractivity contribution in [2.24, 2.45) is 0 Å². The van der Waals surface area contributed by atoms with Crippen molar-refractivity contribution >= 4 is 22.4 Å². The molecule has 3 rings (SSSR count). The second kappa shape index (κ2) is 5.76. The first-order chi connectivity index (χ1) is 9.76.